The Balaban J connectivity index is 1.30. The van der Waals surface area contributed by atoms with Crippen molar-refractivity contribution in [1.82, 2.24) is 0 Å². The summed E-state index contributed by atoms with van der Waals surface area (Å²) in [6.45, 7) is 2.49. The Morgan fingerprint density at radius 3 is 2.71 bits per heavy atom. The Bertz CT molecular complexity index is 841. The summed E-state index contributed by atoms with van der Waals surface area (Å²) < 4.78 is 6.31. The molecule has 150 valence electrons. The number of aliphatic hydroxyl groups excluding tert-OH is 1. The van der Waals surface area contributed by atoms with Crippen molar-refractivity contribution in [3.05, 3.63) is 23.8 Å². The summed E-state index contributed by atoms with van der Waals surface area (Å²) in [7, 11) is 0. The molecule has 9 atom stereocenters. The van der Waals surface area contributed by atoms with E-state index >= 15 is 0 Å². The number of oxime groups is 1. The normalized spacial score (nSPS) is 58.3. The van der Waals surface area contributed by atoms with Gasteiger partial charge in [-0.15, -0.1) is 0 Å². The van der Waals surface area contributed by atoms with Crippen LogP contribution in [0, 0.1) is 46.3 Å². The van der Waals surface area contributed by atoms with Crippen LogP contribution < -0.4 is 0 Å². The molecule has 2 N–H and O–H groups in total. The smallest absolute Gasteiger partial charge is 0.175 e. The number of nitrogens with zero attached hydrogens (tertiary/aromatic N) is 1. The first-order valence-corrected chi connectivity index (χ1v) is 11.5. The van der Waals surface area contributed by atoms with Crippen LogP contribution in [-0.4, -0.2) is 27.9 Å². The van der Waals surface area contributed by atoms with Crippen molar-refractivity contribution in [3.8, 4) is 0 Å². The number of aliphatic hydroxyl groups is 1. The van der Waals surface area contributed by atoms with Crippen LogP contribution in [0.4, 0.5) is 0 Å². The fraction of sp³-hybridized carbons (Fsp3) is 0.792. The molecule has 0 aromatic heterocycles. The molecule has 5 fully saturated rings. The van der Waals surface area contributed by atoms with E-state index in [1.54, 1.807) is 5.57 Å². The third kappa shape index (κ3) is 1.75. The minimum Gasteiger partial charge on any atom is -0.411 e. The topological polar surface area (TPSA) is 62.1 Å². The maximum absolute atomic E-state index is 10.2. The second-order valence-electron chi connectivity index (χ2n) is 11.3. The Kier molecular flexibility index (Phi) is 2.94. The highest BCUT2D eigenvalue weighted by molar-refractivity contribution is 5.96. The molecule has 2 spiro atoms. The molecule has 0 aromatic carbocycles. The molecule has 28 heavy (non-hydrogen) atoms. The number of fused-ring (bicyclic) bond motifs is 10. The van der Waals surface area contributed by atoms with Crippen LogP contribution in [0.5, 0.6) is 0 Å². The summed E-state index contributed by atoms with van der Waals surface area (Å²) in [5, 5.41) is 23.1. The quantitative estimate of drug-likeness (QED) is 0.374. The van der Waals surface area contributed by atoms with Gasteiger partial charge in [0.2, 0.25) is 0 Å². The molecule has 0 aromatic rings. The summed E-state index contributed by atoms with van der Waals surface area (Å²) in [6, 6.07) is 0. The van der Waals surface area contributed by atoms with Gasteiger partial charge in [-0.1, -0.05) is 23.7 Å². The van der Waals surface area contributed by atoms with Crippen molar-refractivity contribution < 1.29 is 15.1 Å². The first kappa shape index (κ1) is 16.6. The Labute approximate surface area is 166 Å². The molecular formula is C24H31NO3. The largest absolute Gasteiger partial charge is 0.411 e. The zero-order chi connectivity index (χ0) is 18.9. The second kappa shape index (κ2) is 4.95. The highest BCUT2D eigenvalue weighted by Crippen LogP contribution is 2.80. The van der Waals surface area contributed by atoms with E-state index in [-0.39, 0.29) is 11.0 Å². The van der Waals surface area contributed by atoms with Crippen molar-refractivity contribution in [2.24, 2.45) is 51.5 Å². The molecule has 7 aliphatic rings. The van der Waals surface area contributed by atoms with Gasteiger partial charge in [0, 0.05) is 5.41 Å². The molecule has 0 amide bonds. The molecule has 7 rings (SSSR count). The van der Waals surface area contributed by atoms with Gasteiger partial charge in [-0.2, -0.15) is 0 Å². The number of hydrogen-bond donors (Lipinski definition) is 2. The number of ether oxygens (including phenoxy) is 1. The van der Waals surface area contributed by atoms with Crippen LogP contribution in [0.15, 0.2) is 29.0 Å². The molecule has 0 radical (unpaired) electrons. The summed E-state index contributed by atoms with van der Waals surface area (Å²) in [4.78, 5) is 0. The lowest BCUT2D eigenvalue weighted by atomic mass is 9.47. The van der Waals surface area contributed by atoms with E-state index in [0.29, 0.717) is 17.3 Å². The van der Waals surface area contributed by atoms with Gasteiger partial charge in [-0.05, 0) is 104 Å². The van der Waals surface area contributed by atoms with Gasteiger partial charge < -0.3 is 15.1 Å². The van der Waals surface area contributed by atoms with E-state index in [4.69, 9.17) is 4.74 Å². The molecule has 0 saturated heterocycles. The van der Waals surface area contributed by atoms with Crippen LogP contribution in [0.3, 0.4) is 0 Å². The fourth-order valence-corrected chi connectivity index (χ4v) is 9.28. The number of rotatable bonds is 0. The summed E-state index contributed by atoms with van der Waals surface area (Å²) in [6.07, 6.45) is 15.6. The minimum absolute atomic E-state index is 0.180. The van der Waals surface area contributed by atoms with Crippen LogP contribution in [0.2, 0.25) is 0 Å². The first-order chi connectivity index (χ1) is 13.5. The third-order valence-electron chi connectivity index (χ3n) is 10.5. The molecule has 6 aliphatic carbocycles. The molecule has 1 heterocycles. The molecule has 0 bridgehead atoms. The zero-order valence-corrected chi connectivity index (χ0v) is 16.7. The van der Waals surface area contributed by atoms with Crippen molar-refractivity contribution in [2.75, 3.05) is 0 Å². The minimum atomic E-state index is -0.709. The lowest BCUT2D eigenvalue weighted by Gasteiger charge is -2.58. The molecule has 4 nitrogen and oxygen atoms in total. The molecular weight excluding hydrogens is 350 g/mol. The lowest BCUT2D eigenvalue weighted by molar-refractivity contribution is -0.196. The van der Waals surface area contributed by atoms with Gasteiger partial charge in [0.25, 0.3) is 0 Å². The van der Waals surface area contributed by atoms with Gasteiger partial charge in [0.1, 0.15) is 0 Å². The van der Waals surface area contributed by atoms with Gasteiger partial charge >= 0.3 is 0 Å². The Hall–Kier alpha value is -1.13. The Morgan fingerprint density at radius 2 is 2.00 bits per heavy atom. The Morgan fingerprint density at radius 1 is 1.14 bits per heavy atom. The predicted molar refractivity (Wildman–Crippen MR) is 105 cm³/mol. The highest BCUT2D eigenvalue weighted by atomic mass is 16.6. The van der Waals surface area contributed by atoms with Crippen LogP contribution in [-0.2, 0) is 4.74 Å². The third-order valence-corrected chi connectivity index (χ3v) is 10.5. The maximum Gasteiger partial charge on any atom is 0.175 e. The molecule has 5 saturated carbocycles. The second-order valence-corrected chi connectivity index (χ2v) is 11.3. The molecule has 4 unspecified atom stereocenters. The standard InChI is InChI=1S/C24H31NO3/c1-22-6-4-14-15-3-2-13(25-27)10-18(15)23(8-9-23)12-17(14)21(22)16-11-19(16)24(22)7-5-20(26)28-24/h5,7,10,14-17,19-21,26-27H,2-4,6,8-9,11-12H2,1H3/b25-13+/t14?,15-,16+,17?,19-,20?,21?,22+,24+/m1/s1. The van der Waals surface area contributed by atoms with E-state index < -0.39 is 6.29 Å². The fourth-order valence-electron chi connectivity index (χ4n) is 9.28. The monoisotopic (exact) mass is 381 g/mol. The lowest BCUT2D eigenvalue weighted by Crippen LogP contribution is -2.56. The van der Waals surface area contributed by atoms with Crippen molar-refractivity contribution >= 4 is 5.71 Å². The van der Waals surface area contributed by atoms with E-state index in [1.807, 2.05) is 6.08 Å². The average Bonchev–Trinajstić information content (AvgIpc) is 3.60. The van der Waals surface area contributed by atoms with E-state index in [0.717, 1.165) is 35.8 Å². The van der Waals surface area contributed by atoms with Crippen molar-refractivity contribution in [3.63, 3.8) is 0 Å². The molecule has 4 heteroatoms. The summed E-state index contributed by atoms with van der Waals surface area (Å²) >= 11 is 0. The number of allylic oxidation sites excluding steroid dienone is 2. The predicted octanol–water partition coefficient (Wildman–Crippen LogP) is 4.28. The zero-order valence-electron chi connectivity index (χ0n) is 16.7. The first-order valence-electron chi connectivity index (χ1n) is 11.5. The average molecular weight is 382 g/mol. The van der Waals surface area contributed by atoms with Gasteiger partial charge in [0.05, 0.1) is 11.3 Å². The van der Waals surface area contributed by atoms with Crippen LogP contribution >= 0.6 is 0 Å². The highest BCUT2D eigenvalue weighted by Gasteiger charge is 2.78. The maximum atomic E-state index is 10.2. The van der Waals surface area contributed by atoms with Gasteiger partial charge in [-0.3, -0.25) is 0 Å². The molecule has 1 aliphatic heterocycles. The van der Waals surface area contributed by atoms with Crippen LogP contribution in [0.1, 0.15) is 58.3 Å². The van der Waals surface area contributed by atoms with E-state index in [9.17, 15) is 10.3 Å². The van der Waals surface area contributed by atoms with E-state index in [1.165, 1.54) is 44.9 Å². The van der Waals surface area contributed by atoms with Gasteiger partial charge in [0.15, 0.2) is 6.29 Å². The number of hydrogen-bond acceptors (Lipinski definition) is 4. The van der Waals surface area contributed by atoms with Crippen molar-refractivity contribution in [2.45, 2.75) is 70.2 Å². The summed E-state index contributed by atoms with van der Waals surface area (Å²) in [5.41, 5.74) is 2.93. The van der Waals surface area contributed by atoms with Crippen molar-refractivity contribution in [1.29, 1.82) is 0 Å². The van der Waals surface area contributed by atoms with Crippen LogP contribution in [0.25, 0.3) is 0 Å². The summed E-state index contributed by atoms with van der Waals surface area (Å²) in [5.74, 6) is 4.48. The van der Waals surface area contributed by atoms with Gasteiger partial charge in [-0.25, -0.2) is 0 Å². The SMILES string of the molecule is C[C@]12CCC3C(CC4(CC4)C4=C/C(=N/O)CC[C@@H]43)C1[C@H]1C[C@H]1[C@@]21C=CC(O)O1. The van der Waals surface area contributed by atoms with E-state index in [2.05, 4.69) is 24.2 Å².